The number of fused-ring (bicyclic) bond motifs is 8. The lowest BCUT2D eigenvalue weighted by Gasteiger charge is -2.41. The van der Waals surface area contributed by atoms with Crippen LogP contribution in [0.5, 0.6) is 0 Å². The predicted molar refractivity (Wildman–Crippen MR) is 293 cm³/mol. The van der Waals surface area contributed by atoms with Crippen LogP contribution in [-0.2, 0) is 0 Å². The fourth-order valence-electron chi connectivity index (χ4n) is 14.7. The van der Waals surface area contributed by atoms with Gasteiger partial charge in [-0.05, 0) is 206 Å². The van der Waals surface area contributed by atoms with Gasteiger partial charge in [0.2, 0.25) is 0 Å². The van der Waals surface area contributed by atoms with Crippen molar-refractivity contribution < 1.29 is 0 Å². The zero-order chi connectivity index (χ0) is 45.6. The minimum atomic E-state index is 0.375. The summed E-state index contributed by atoms with van der Waals surface area (Å²) in [4.78, 5) is 0. The summed E-state index contributed by atoms with van der Waals surface area (Å²) in [7, 11) is 0. The van der Waals surface area contributed by atoms with Gasteiger partial charge >= 0.3 is 0 Å². The molecule has 0 aliphatic heterocycles. The minimum Gasteiger partial charge on any atom is -0.0842 e. The van der Waals surface area contributed by atoms with Gasteiger partial charge in [0.1, 0.15) is 0 Å². The number of allylic oxidation sites excluding steroid dienone is 18. The molecular formula is C70H50. The molecule has 0 N–H and O–H groups in total. The molecule has 9 aliphatic carbocycles. The largest absolute Gasteiger partial charge is 0.0842 e. The Kier molecular flexibility index (Phi) is 8.29. The van der Waals surface area contributed by atoms with Crippen molar-refractivity contribution >= 4 is 33.1 Å². The average molecular weight is 891 g/mol. The summed E-state index contributed by atoms with van der Waals surface area (Å²) in [5, 5.41) is 5.61. The Bertz CT molecular complexity index is 3980. The van der Waals surface area contributed by atoms with Crippen molar-refractivity contribution in [3.8, 4) is 55.6 Å². The second kappa shape index (κ2) is 14.9. The Morgan fingerprint density at radius 2 is 1.20 bits per heavy atom. The highest BCUT2D eigenvalue weighted by Gasteiger charge is 2.45. The van der Waals surface area contributed by atoms with E-state index >= 15 is 0 Å². The van der Waals surface area contributed by atoms with E-state index in [1.807, 2.05) is 0 Å². The molecule has 70 heavy (non-hydrogen) atoms. The maximum absolute atomic E-state index is 2.70. The van der Waals surface area contributed by atoms with Gasteiger partial charge in [0, 0.05) is 17.8 Å². The third-order valence-electron chi connectivity index (χ3n) is 17.6. The number of benzene rings is 7. The summed E-state index contributed by atoms with van der Waals surface area (Å²) in [6.45, 7) is 0. The van der Waals surface area contributed by atoms with E-state index in [0.717, 1.165) is 32.1 Å². The fraction of sp³-hybridized carbons (Fsp3) is 0.143. The smallest absolute Gasteiger partial charge is 0.0196 e. The zero-order valence-electron chi connectivity index (χ0n) is 39.2. The molecule has 0 aromatic heterocycles. The third-order valence-corrected chi connectivity index (χ3v) is 17.6. The van der Waals surface area contributed by atoms with Crippen LogP contribution in [0.1, 0.15) is 55.2 Å². The van der Waals surface area contributed by atoms with Gasteiger partial charge in [-0.2, -0.15) is 0 Å². The molecule has 7 aromatic carbocycles. The lowest BCUT2D eigenvalue weighted by molar-refractivity contribution is 0.576. The lowest BCUT2D eigenvalue weighted by atomic mass is 9.62. The molecule has 0 spiro atoms. The first-order chi connectivity index (χ1) is 34.7. The van der Waals surface area contributed by atoms with Crippen LogP contribution < -0.4 is 10.4 Å². The standard InChI is InChI=1S/C70H50/c1-4-17-41(18-5-1)47-35-46-32-31-44-33-34-55-57-39-60-61(40-58(57)59-38-48(36-47)63(46)64(44)66(55)59)67(53-27-14-12-24-49(53)42-19-6-2-7-20-42)69-56-30-16-29-52-51-26-11-10-23-45(51)37-62(65(52)56)70(69)68(60)54-28-15-13-25-50(54)43-21-8-3-9-22-43/h1-9,11-17,19-22,24-32,35-36,38-41,45-46,63H,10,18,23,33-34,37H2. The summed E-state index contributed by atoms with van der Waals surface area (Å²) in [5.41, 5.74) is 31.3. The number of hydrogen-bond acceptors (Lipinski definition) is 0. The quantitative estimate of drug-likeness (QED) is 0.162. The first kappa shape index (κ1) is 39.1. The summed E-state index contributed by atoms with van der Waals surface area (Å²) in [6, 6.07) is 53.6. The SMILES string of the molecule is C1=CCC(C2=CC3C=CC4=C5C6=C(CC4)c4cc7c(-c8ccccc8-c8ccccc8)c8c(c(-c9ccccc9-c9ccccc9)c7cc4C6=CC(=C2)C53)-c2cccc3c2=C8CC2CCC=CC=32)C=C1. The summed E-state index contributed by atoms with van der Waals surface area (Å²) >= 11 is 0. The van der Waals surface area contributed by atoms with Crippen LogP contribution in [0.25, 0.3) is 88.7 Å². The molecule has 0 heterocycles. The van der Waals surface area contributed by atoms with Crippen molar-refractivity contribution in [3.63, 3.8) is 0 Å². The molecule has 0 radical (unpaired) electrons. The minimum absolute atomic E-state index is 0.375. The first-order valence-electron chi connectivity index (χ1n) is 25.9. The molecule has 0 fully saturated rings. The Hall–Kier alpha value is -7.80. The highest BCUT2D eigenvalue weighted by atomic mass is 14.5. The zero-order valence-corrected chi connectivity index (χ0v) is 39.2. The Balaban J connectivity index is 1.06. The van der Waals surface area contributed by atoms with Crippen LogP contribution >= 0.6 is 0 Å². The Morgan fingerprint density at radius 1 is 0.500 bits per heavy atom. The summed E-state index contributed by atoms with van der Waals surface area (Å²) < 4.78 is 0. The van der Waals surface area contributed by atoms with Crippen LogP contribution in [-0.4, -0.2) is 0 Å². The second-order valence-electron chi connectivity index (χ2n) is 21.0. The molecule has 4 atom stereocenters. The molecule has 0 bridgehead atoms. The molecule has 9 aliphatic rings. The topological polar surface area (TPSA) is 0 Å². The normalized spacial score (nSPS) is 22.4. The van der Waals surface area contributed by atoms with Gasteiger partial charge in [-0.25, -0.2) is 0 Å². The second-order valence-corrected chi connectivity index (χ2v) is 21.0. The van der Waals surface area contributed by atoms with Crippen molar-refractivity contribution in [2.75, 3.05) is 0 Å². The average Bonchev–Trinajstić information content (AvgIpc) is 3.92. The van der Waals surface area contributed by atoms with Gasteiger partial charge in [-0.1, -0.05) is 188 Å². The molecule has 0 amide bonds. The van der Waals surface area contributed by atoms with Gasteiger partial charge in [0.15, 0.2) is 0 Å². The van der Waals surface area contributed by atoms with E-state index in [0.29, 0.717) is 23.7 Å². The summed E-state index contributed by atoms with van der Waals surface area (Å²) in [6.07, 6.45) is 33.6. The molecule has 330 valence electrons. The number of hydrogen-bond donors (Lipinski definition) is 0. The van der Waals surface area contributed by atoms with Crippen molar-refractivity contribution in [3.05, 3.63) is 261 Å². The van der Waals surface area contributed by atoms with Crippen LogP contribution in [0.3, 0.4) is 0 Å². The van der Waals surface area contributed by atoms with E-state index in [-0.39, 0.29) is 0 Å². The molecule has 4 unspecified atom stereocenters. The fourth-order valence-corrected chi connectivity index (χ4v) is 14.7. The van der Waals surface area contributed by atoms with Crippen molar-refractivity contribution in [1.82, 2.24) is 0 Å². The monoisotopic (exact) mass is 890 g/mol. The van der Waals surface area contributed by atoms with Crippen molar-refractivity contribution in [1.29, 1.82) is 0 Å². The van der Waals surface area contributed by atoms with Gasteiger partial charge < -0.3 is 0 Å². The predicted octanol–water partition coefficient (Wildman–Crippen LogP) is 16.3. The Labute approximate surface area is 410 Å². The van der Waals surface area contributed by atoms with Crippen LogP contribution in [0.4, 0.5) is 0 Å². The van der Waals surface area contributed by atoms with Crippen LogP contribution in [0, 0.1) is 23.7 Å². The van der Waals surface area contributed by atoms with Gasteiger partial charge in [0.25, 0.3) is 0 Å². The molecule has 0 heteroatoms. The first-order valence-corrected chi connectivity index (χ1v) is 25.9. The van der Waals surface area contributed by atoms with E-state index in [2.05, 4.69) is 206 Å². The molecule has 7 aromatic rings. The maximum atomic E-state index is 2.70. The van der Waals surface area contributed by atoms with Gasteiger partial charge in [0.05, 0.1) is 0 Å². The van der Waals surface area contributed by atoms with Gasteiger partial charge in [-0.3, -0.25) is 0 Å². The van der Waals surface area contributed by atoms with E-state index in [9.17, 15) is 0 Å². The Morgan fingerprint density at radius 3 is 1.94 bits per heavy atom. The maximum Gasteiger partial charge on any atom is 0.0196 e. The third kappa shape index (κ3) is 5.43. The van der Waals surface area contributed by atoms with E-state index < -0.39 is 0 Å². The molecule has 0 saturated carbocycles. The summed E-state index contributed by atoms with van der Waals surface area (Å²) in [5.74, 6) is 1.67. The van der Waals surface area contributed by atoms with E-state index in [1.165, 1.54) is 133 Å². The van der Waals surface area contributed by atoms with Crippen molar-refractivity contribution in [2.45, 2.75) is 38.5 Å². The highest BCUT2D eigenvalue weighted by molar-refractivity contribution is 6.22. The molecule has 16 rings (SSSR count). The van der Waals surface area contributed by atoms with Crippen LogP contribution in [0.15, 0.2) is 234 Å². The lowest BCUT2D eigenvalue weighted by Crippen LogP contribution is -2.35. The van der Waals surface area contributed by atoms with E-state index in [1.54, 1.807) is 16.7 Å². The van der Waals surface area contributed by atoms with Crippen molar-refractivity contribution in [2.24, 2.45) is 23.7 Å². The molecule has 0 nitrogen and oxygen atoms in total. The van der Waals surface area contributed by atoms with Gasteiger partial charge in [-0.15, -0.1) is 0 Å². The molecule has 0 saturated heterocycles. The number of rotatable bonds is 5. The van der Waals surface area contributed by atoms with Crippen LogP contribution in [0.2, 0.25) is 0 Å². The highest BCUT2D eigenvalue weighted by Crippen LogP contribution is 2.62. The molecular weight excluding hydrogens is 841 g/mol. The van der Waals surface area contributed by atoms with E-state index in [4.69, 9.17) is 0 Å².